The van der Waals surface area contributed by atoms with E-state index in [9.17, 15) is 13.5 Å². The van der Waals surface area contributed by atoms with Crippen LogP contribution in [0.2, 0.25) is 36.3 Å². The Morgan fingerprint density at radius 3 is 1.38 bits per heavy atom. The van der Waals surface area contributed by atoms with Crippen molar-refractivity contribution < 1.29 is 41.3 Å². The highest BCUT2D eigenvalue weighted by molar-refractivity contribution is 7.92. The largest absolute Gasteiger partial charge is 0.416 e. The van der Waals surface area contributed by atoms with Gasteiger partial charge in [-0.05, 0) is 76.1 Å². The topological polar surface area (TPSA) is 110 Å². The Kier molecular flexibility index (Phi) is 14.1. The molecular formula is C40H74O9SSi2. The van der Waals surface area contributed by atoms with Gasteiger partial charge in [0.05, 0.1) is 40.7 Å². The van der Waals surface area contributed by atoms with Gasteiger partial charge in [-0.1, -0.05) is 87.4 Å². The first-order chi connectivity index (χ1) is 23.4. The molecule has 1 aromatic rings. The second-order valence-corrected chi connectivity index (χ2v) is 31.5. The molecule has 2 fully saturated rings. The molecule has 12 heteroatoms. The lowest BCUT2D eigenvalue weighted by Crippen LogP contribution is -2.53. The van der Waals surface area contributed by atoms with Crippen LogP contribution < -0.4 is 0 Å². The summed E-state index contributed by atoms with van der Waals surface area (Å²) in [6, 6.07) is 8.40. The van der Waals surface area contributed by atoms with Crippen molar-refractivity contribution in [3.63, 3.8) is 0 Å². The lowest BCUT2D eigenvalue weighted by Gasteiger charge is -2.40. The van der Waals surface area contributed by atoms with Gasteiger partial charge in [-0.15, -0.1) is 0 Å². The van der Waals surface area contributed by atoms with Crippen LogP contribution in [-0.2, 0) is 37.6 Å². The summed E-state index contributed by atoms with van der Waals surface area (Å²) in [6.45, 7) is 38.4. The molecule has 2 aliphatic rings. The van der Waals surface area contributed by atoms with Crippen LogP contribution in [0.3, 0.4) is 0 Å². The fraction of sp³-hybridized carbons (Fsp3) is 0.850. The average molecular weight is 787 g/mol. The maximum absolute atomic E-state index is 14.8. The van der Waals surface area contributed by atoms with Gasteiger partial charge < -0.3 is 32.9 Å². The molecule has 1 aromatic carbocycles. The van der Waals surface area contributed by atoms with Crippen LogP contribution >= 0.6 is 0 Å². The molecule has 2 heterocycles. The number of sulfone groups is 1. The highest BCUT2D eigenvalue weighted by Crippen LogP contribution is 2.45. The molecule has 0 saturated carbocycles. The molecule has 52 heavy (non-hydrogen) atoms. The van der Waals surface area contributed by atoms with E-state index in [0.717, 1.165) is 0 Å². The van der Waals surface area contributed by atoms with Crippen LogP contribution in [0.1, 0.15) is 96.9 Å². The molecule has 0 spiro atoms. The van der Waals surface area contributed by atoms with Crippen LogP contribution in [0.5, 0.6) is 0 Å². The maximum Gasteiger partial charge on any atom is 0.191 e. The average Bonchev–Trinajstić information content (AvgIpc) is 3.52. The van der Waals surface area contributed by atoms with Crippen LogP contribution in [0, 0.1) is 23.7 Å². The molecule has 0 aliphatic carbocycles. The van der Waals surface area contributed by atoms with Gasteiger partial charge in [0.15, 0.2) is 38.0 Å². The van der Waals surface area contributed by atoms with Gasteiger partial charge in [0.1, 0.15) is 0 Å². The zero-order chi connectivity index (χ0) is 40.0. The first kappa shape index (κ1) is 45.7. The number of aliphatic hydroxyl groups is 1. The highest BCUT2D eigenvalue weighted by Gasteiger charge is 2.55. The van der Waals surface area contributed by atoms with E-state index in [-0.39, 0.29) is 26.8 Å². The zero-order valence-corrected chi connectivity index (χ0v) is 38.5. The van der Waals surface area contributed by atoms with Gasteiger partial charge in [0.2, 0.25) is 0 Å². The first-order valence-corrected chi connectivity index (χ1v) is 26.7. The number of benzene rings is 1. The molecule has 0 amide bonds. The highest BCUT2D eigenvalue weighted by atomic mass is 32.2. The van der Waals surface area contributed by atoms with Gasteiger partial charge in [0, 0.05) is 36.9 Å². The van der Waals surface area contributed by atoms with E-state index in [1.807, 2.05) is 41.5 Å². The zero-order valence-electron chi connectivity index (χ0n) is 35.7. The molecule has 2 saturated heterocycles. The van der Waals surface area contributed by atoms with Crippen LogP contribution in [0.25, 0.3) is 0 Å². The summed E-state index contributed by atoms with van der Waals surface area (Å²) in [4.78, 5) is 0.152. The van der Waals surface area contributed by atoms with Crippen molar-refractivity contribution in [1.29, 1.82) is 0 Å². The van der Waals surface area contributed by atoms with Crippen molar-refractivity contribution in [2.75, 3.05) is 13.2 Å². The Morgan fingerprint density at radius 1 is 0.673 bits per heavy atom. The first-order valence-electron chi connectivity index (χ1n) is 19.3. The molecule has 9 nitrogen and oxygen atoms in total. The van der Waals surface area contributed by atoms with Crippen molar-refractivity contribution in [3.05, 3.63) is 30.3 Å². The van der Waals surface area contributed by atoms with Crippen LogP contribution in [0.15, 0.2) is 35.2 Å². The van der Waals surface area contributed by atoms with Gasteiger partial charge >= 0.3 is 0 Å². The molecule has 3 rings (SSSR count). The summed E-state index contributed by atoms with van der Waals surface area (Å²) >= 11 is 0. The molecular weight excluding hydrogens is 713 g/mol. The van der Waals surface area contributed by atoms with Crippen LogP contribution in [-0.4, -0.2) is 90.7 Å². The molecule has 0 radical (unpaired) electrons. The molecule has 302 valence electrons. The van der Waals surface area contributed by atoms with Gasteiger partial charge in [0.25, 0.3) is 0 Å². The van der Waals surface area contributed by atoms with Crippen molar-refractivity contribution in [2.45, 2.75) is 185 Å². The predicted molar refractivity (Wildman–Crippen MR) is 214 cm³/mol. The Bertz CT molecular complexity index is 1420. The summed E-state index contributed by atoms with van der Waals surface area (Å²) in [5.74, 6) is -3.35. The Labute approximate surface area is 319 Å². The number of hydrogen-bond acceptors (Lipinski definition) is 9. The second kappa shape index (κ2) is 16.1. The molecule has 2 aliphatic heterocycles. The monoisotopic (exact) mass is 786 g/mol. The molecule has 2 unspecified atom stereocenters. The van der Waals surface area contributed by atoms with E-state index in [4.69, 9.17) is 27.8 Å². The molecule has 1 N–H and O–H groups in total. The Morgan fingerprint density at radius 2 is 1.02 bits per heavy atom. The second-order valence-electron chi connectivity index (χ2n) is 19.8. The van der Waals surface area contributed by atoms with E-state index in [2.05, 4.69) is 81.6 Å². The number of hydrogen-bond donors (Lipinski definition) is 1. The van der Waals surface area contributed by atoms with Crippen molar-refractivity contribution >= 4 is 26.5 Å². The Hall–Kier alpha value is -0.676. The maximum atomic E-state index is 14.8. The van der Waals surface area contributed by atoms with E-state index in [1.165, 1.54) is 0 Å². The normalized spacial score (nSPS) is 27.9. The third-order valence-electron chi connectivity index (χ3n) is 12.3. The smallest absolute Gasteiger partial charge is 0.191 e. The van der Waals surface area contributed by atoms with Crippen molar-refractivity contribution in [1.82, 2.24) is 0 Å². The Balaban J connectivity index is 2.01. The SMILES string of the molecule is C[C@@H](CO[Si](C)(C)C(C)(C)C)[C@@H]1OC(C)(C)O[C@H]1[C@@H](C)C(O)C([C@H](C)[C@@H]1OC(C)(C)O[C@H]1[C@@H](C)CO[Si](C)(C)C(C)(C)C)S(=O)(=O)c1ccccc1. The fourth-order valence-corrected chi connectivity index (χ4v) is 11.3. The summed E-state index contributed by atoms with van der Waals surface area (Å²) in [5, 5.41) is 11.3. The van der Waals surface area contributed by atoms with E-state index >= 15 is 0 Å². The van der Waals surface area contributed by atoms with Gasteiger partial charge in [-0.25, -0.2) is 8.42 Å². The lowest BCUT2D eigenvalue weighted by molar-refractivity contribution is -0.159. The number of rotatable bonds is 15. The van der Waals surface area contributed by atoms with E-state index in [0.29, 0.717) is 13.2 Å². The summed E-state index contributed by atoms with van der Waals surface area (Å²) in [6.07, 6.45) is -3.44. The minimum absolute atomic E-state index is 0.0353. The molecule has 0 bridgehead atoms. The lowest BCUT2D eigenvalue weighted by atomic mass is 9.82. The van der Waals surface area contributed by atoms with Crippen LogP contribution in [0.4, 0.5) is 0 Å². The number of aliphatic hydroxyl groups excluding tert-OH is 1. The minimum Gasteiger partial charge on any atom is -0.416 e. The van der Waals surface area contributed by atoms with Crippen molar-refractivity contribution in [3.8, 4) is 0 Å². The van der Waals surface area contributed by atoms with Gasteiger partial charge in [-0.3, -0.25) is 0 Å². The van der Waals surface area contributed by atoms with Crippen molar-refractivity contribution in [2.24, 2.45) is 23.7 Å². The quantitative estimate of drug-likeness (QED) is 0.175. The predicted octanol–water partition coefficient (Wildman–Crippen LogP) is 8.82. The van der Waals surface area contributed by atoms with E-state index in [1.54, 1.807) is 30.3 Å². The summed E-state index contributed by atoms with van der Waals surface area (Å²) < 4.78 is 69.0. The minimum atomic E-state index is -4.09. The molecule has 10 atom stereocenters. The fourth-order valence-electron chi connectivity index (χ4n) is 6.85. The summed E-state index contributed by atoms with van der Waals surface area (Å²) in [5.41, 5.74) is 0. The molecule has 0 aromatic heterocycles. The third kappa shape index (κ3) is 10.4. The third-order valence-corrected chi connectivity index (χ3v) is 23.7. The van der Waals surface area contributed by atoms with Gasteiger partial charge in [-0.2, -0.15) is 0 Å². The van der Waals surface area contributed by atoms with E-state index < -0.39 is 85.7 Å². The number of ether oxygens (including phenoxy) is 4. The summed E-state index contributed by atoms with van der Waals surface area (Å²) in [7, 11) is -8.20. The standard InChI is InChI=1S/C40H74O9SSi2/c1-26(24-44-51(15,16)37(5,6)7)32-34(48-39(11,12)46-32)28(3)31(41)36(50(42,43)30-22-20-19-21-23-30)29(4)35-33(47-40(13,14)49-35)27(2)25-45-52(17,18)38(8,9)10/h19-23,26-29,31-36,41H,24-25H2,1-18H3/t26-,27-,28-,29+,31?,32-,33-,34-,35-,36?/m0/s1.